The maximum absolute atomic E-state index is 12.8. The zero-order valence-electron chi connectivity index (χ0n) is 20.5. The van der Waals surface area contributed by atoms with E-state index >= 15 is 0 Å². The first-order chi connectivity index (χ1) is 17.9. The Bertz CT molecular complexity index is 1700. The second-order valence-corrected chi connectivity index (χ2v) is 14.0. The van der Waals surface area contributed by atoms with Gasteiger partial charge >= 0.3 is 5.97 Å². The summed E-state index contributed by atoms with van der Waals surface area (Å²) in [6.45, 7) is 7.44. The first-order valence-corrected chi connectivity index (χ1v) is 15.2. The highest BCUT2D eigenvalue weighted by molar-refractivity contribution is 7.94. The molecule has 0 aliphatic carbocycles. The van der Waals surface area contributed by atoms with Gasteiger partial charge in [-0.3, -0.25) is 19.1 Å². The predicted molar refractivity (Wildman–Crippen MR) is 150 cm³/mol. The van der Waals surface area contributed by atoms with Crippen LogP contribution in [0, 0.1) is 26.7 Å². The van der Waals surface area contributed by atoms with E-state index in [1.165, 1.54) is 6.07 Å². The lowest BCUT2D eigenvalue weighted by Crippen LogP contribution is -2.21. The van der Waals surface area contributed by atoms with Crippen molar-refractivity contribution in [3.05, 3.63) is 72.9 Å². The molecule has 0 saturated heterocycles. The van der Waals surface area contributed by atoms with Gasteiger partial charge in [-0.15, -0.1) is 32.9 Å². The molecule has 1 aromatic carbocycles. The number of carboxylic acid groups (broad SMARTS) is 1. The molecular weight excluding hydrogens is 589 g/mol. The van der Waals surface area contributed by atoms with Gasteiger partial charge in [-0.25, -0.2) is 8.42 Å². The largest absolute Gasteiger partial charge is 0.481 e. The van der Waals surface area contributed by atoms with Crippen molar-refractivity contribution in [2.75, 3.05) is 4.72 Å². The van der Waals surface area contributed by atoms with E-state index in [-0.39, 0.29) is 13.6 Å². The number of carboxylic acids is 1. The molecule has 1 aliphatic heterocycles. The van der Waals surface area contributed by atoms with Crippen LogP contribution in [-0.2, 0) is 14.8 Å². The number of fused-ring (bicyclic) bond motifs is 3. The molecule has 4 heterocycles. The van der Waals surface area contributed by atoms with Crippen molar-refractivity contribution in [3.8, 4) is 5.00 Å². The first kappa shape index (κ1) is 26.8. The van der Waals surface area contributed by atoms with E-state index in [0.29, 0.717) is 28.6 Å². The molecule has 0 fully saturated rings. The van der Waals surface area contributed by atoms with Crippen LogP contribution in [0.3, 0.4) is 0 Å². The predicted octanol–water partition coefficient (Wildman–Crippen LogP) is 6.04. The SMILES string of the molecule is Cc1sc2c(c1C)C(c1ccc(NS(=O)(=O)c3cc(Cl)c(Cl)s3)cc1)=NC([C@H](C)C(=O)O)c1nnc(C)n1-2. The number of halogens is 2. The molecule has 0 amide bonds. The number of sulfonamides is 1. The zero-order chi connectivity index (χ0) is 27.5. The number of anilines is 1. The van der Waals surface area contributed by atoms with Gasteiger partial charge in [0, 0.05) is 21.7 Å². The van der Waals surface area contributed by atoms with E-state index < -0.39 is 28.0 Å². The summed E-state index contributed by atoms with van der Waals surface area (Å²) in [5.41, 5.74) is 3.54. The molecule has 1 unspecified atom stereocenters. The second kappa shape index (κ2) is 9.76. The fourth-order valence-corrected chi connectivity index (χ4v) is 8.33. The average molecular weight is 611 g/mol. The van der Waals surface area contributed by atoms with Gasteiger partial charge in [0.2, 0.25) is 0 Å². The van der Waals surface area contributed by atoms with Crippen LogP contribution in [0.15, 0.2) is 39.5 Å². The van der Waals surface area contributed by atoms with E-state index in [1.54, 1.807) is 42.5 Å². The maximum Gasteiger partial charge on any atom is 0.308 e. The average Bonchev–Trinajstić information content (AvgIpc) is 3.47. The molecule has 0 spiro atoms. The minimum atomic E-state index is -3.89. The smallest absolute Gasteiger partial charge is 0.308 e. The summed E-state index contributed by atoms with van der Waals surface area (Å²) in [4.78, 5) is 18.1. The van der Waals surface area contributed by atoms with Crippen LogP contribution in [0.2, 0.25) is 9.36 Å². The molecule has 2 atom stereocenters. The Balaban J connectivity index is 1.60. The van der Waals surface area contributed by atoms with Crippen molar-refractivity contribution >= 4 is 73.3 Å². The number of aromatic nitrogens is 3. The minimum absolute atomic E-state index is 0.00244. The Kier molecular flexibility index (Phi) is 6.89. The number of hydrogen-bond acceptors (Lipinski definition) is 8. The van der Waals surface area contributed by atoms with Crippen LogP contribution in [0.5, 0.6) is 0 Å². The summed E-state index contributed by atoms with van der Waals surface area (Å²) in [5.74, 6) is -0.757. The highest BCUT2D eigenvalue weighted by atomic mass is 35.5. The molecule has 198 valence electrons. The molecule has 0 radical (unpaired) electrons. The Morgan fingerprint density at radius 1 is 1.13 bits per heavy atom. The third kappa shape index (κ3) is 4.54. The first-order valence-electron chi connectivity index (χ1n) is 11.3. The quantitative estimate of drug-likeness (QED) is 0.274. The van der Waals surface area contributed by atoms with Gasteiger partial charge in [0.1, 0.15) is 25.4 Å². The number of rotatable bonds is 6. The van der Waals surface area contributed by atoms with Crippen molar-refractivity contribution in [1.29, 1.82) is 0 Å². The lowest BCUT2D eigenvalue weighted by Gasteiger charge is -2.16. The summed E-state index contributed by atoms with van der Waals surface area (Å²) >= 11 is 14.3. The summed E-state index contributed by atoms with van der Waals surface area (Å²) in [6.07, 6.45) is 0. The third-order valence-corrected chi connectivity index (χ3v) is 11.3. The number of carbonyl (C=O) groups is 1. The molecule has 2 N–H and O–H groups in total. The summed E-state index contributed by atoms with van der Waals surface area (Å²) in [6, 6.07) is 7.29. The number of nitrogens with one attached hydrogen (secondary N) is 1. The number of benzene rings is 1. The van der Waals surface area contributed by atoms with Gasteiger partial charge in [-0.05, 0) is 51.5 Å². The molecule has 38 heavy (non-hydrogen) atoms. The fourth-order valence-electron chi connectivity index (χ4n) is 4.18. The monoisotopic (exact) mass is 609 g/mol. The van der Waals surface area contributed by atoms with Gasteiger partial charge in [-0.2, -0.15) is 0 Å². The summed E-state index contributed by atoms with van der Waals surface area (Å²) < 4.78 is 30.2. The lowest BCUT2D eigenvalue weighted by molar-refractivity contribution is -0.141. The van der Waals surface area contributed by atoms with Crippen LogP contribution in [0.1, 0.15) is 46.2 Å². The minimum Gasteiger partial charge on any atom is -0.481 e. The molecule has 14 heteroatoms. The third-order valence-electron chi connectivity index (χ3n) is 6.35. The fraction of sp³-hybridized carbons (Fsp3) is 0.250. The molecular formula is C24H21Cl2N5O4S3. The maximum atomic E-state index is 12.8. The Hall–Kier alpha value is -2.77. The van der Waals surface area contributed by atoms with Crippen molar-refractivity contribution in [1.82, 2.24) is 14.8 Å². The molecule has 4 aromatic rings. The van der Waals surface area contributed by atoms with Crippen LogP contribution in [-0.4, -0.2) is 40.0 Å². The van der Waals surface area contributed by atoms with E-state index in [0.717, 1.165) is 32.3 Å². The zero-order valence-corrected chi connectivity index (χ0v) is 24.4. The number of aliphatic imine (C=N–C) groups is 1. The van der Waals surface area contributed by atoms with Crippen molar-refractivity contribution < 1.29 is 18.3 Å². The van der Waals surface area contributed by atoms with E-state index in [1.807, 2.05) is 25.3 Å². The normalized spacial score (nSPS) is 15.8. The number of thiophene rings is 2. The molecule has 9 nitrogen and oxygen atoms in total. The lowest BCUT2D eigenvalue weighted by atomic mass is 9.98. The molecule has 0 saturated carbocycles. The Morgan fingerprint density at radius 2 is 1.82 bits per heavy atom. The van der Waals surface area contributed by atoms with E-state index in [4.69, 9.17) is 28.2 Å². The molecule has 0 bridgehead atoms. The topological polar surface area (TPSA) is 127 Å². The van der Waals surface area contributed by atoms with Crippen LogP contribution in [0.25, 0.3) is 5.00 Å². The highest BCUT2D eigenvalue weighted by Crippen LogP contribution is 2.41. The van der Waals surface area contributed by atoms with Gasteiger partial charge in [0.15, 0.2) is 5.82 Å². The second-order valence-electron chi connectivity index (χ2n) is 8.82. The molecule has 5 rings (SSSR count). The summed E-state index contributed by atoms with van der Waals surface area (Å²) in [7, 11) is -3.89. The summed E-state index contributed by atoms with van der Waals surface area (Å²) in [5, 5.41) is 19.4. The van der Waals surface area contributed by atoms with Crippen molar-refractivity contribution in [2.24, 2.45) is 10.9 Å². The van der Waals surface area contributed by atoms with E-state index in [9.17, 15) is 18.3 Å². The molecule has 1 aliphatic rings. The van der Waals surface area contributed by atoms with Crippen LogP contribution >= 0.6 is 45.9 Å². The molecule has 3 aromatic heterocycles. The number of aryl methyl sites for hydroxylation is 2. The van der Waals surface area contributed by atoms with Crippen molar-refractivity contribution in [2.45, 2.75) is 37.9 Å². The van der Waals surface area contributed by atoms with Gasteiger partial charge in [-0.1, -0.05) is 35.3 Å². The van der Waals surface area contributed by atoms with Gasteiger partial charge in [0.05, 0.1) is 16.7 Å². The van der Waals surface area contributed by atoms with Crippen molar-refractivity contribution in [3.63, 3.8) is 0 Å². The van der Waals surface area contributed by atoms with Crippen LogP contribution < -0.4 is 4.72 Å². The number of aliphatic carboxylic acids is 1. The van der Waals surface area contributed by atoms with Crippen LogP contribution in [0.4, 0.5) is 5.69 Å². The standard InChI is InChI=1S/C24H21Cl2N5O4S3/c1-10-12(3)36-23-18(10)20(27-19(11(2)24(32)33)22-29-28-13(4)31(22)23)14-5-7-15(8-6-14)30-38(34,35)17-9-16(25)21(26)37-17/h5-9,11,19,30H,1-4H3,(H,32,33)/t11-,19?/m0/s1. The van der Waals surface area contributed by atoms with Gasteiger partial charge in [0.25, 0.3) is 10.0 Å². The van der Waals surface area contributed by atoms with E-state index in [2.05, 4.69) is 14.9 Å². The number of hydrogen-bond donors (Lipinski definition) is 2. The Labute approximate surface area is 236 Å². The number of nitrogens with zero attached hydrogens (tertiary/aromatic N) is 4. The Morgan fingerprint density at radius 3 is 2.42 bits per heavy atom. The van der Waals surface area contributed by atoms with Gasteiger partial charge < -0.3 is 5.11 Å². The highest BCUT2D eigenvalue weighted by Gasteiger charge is 2.36.